The van der Waals surface area contributed by atoms with Crippen LogP contribution in [-0.4, -0.2) is 26.8 Å². The highest BCUT2D eigenvalue weighted by Gasteiger charge is 2.40. The van der Waals surface area contributed by atoms with Crippen LogP contribution >= 0.6 is 0 Å². The third-order valence-corrected chi connectivity index (χ3v) is 5.62. The van der Waals surface area contributed by atoms with E-state index in [1.54, 1.807) is 7.11 Å². The summed E-state index contributed by atoms with van der Waals surface area (Å²) in [4.78, 5) is 0. The first-order chi connectivity index (χ1) is 10.4. The van der Waals surface area contributed by atoms with Gasteiger partial charge in [0.25, 0.3) is 0 Å². The van der Waals surface area contributed by atoms with Crippen molar-refractivity contribution in [1.29, 1.82) is 0 Å². The summed E-state index contributed by atoms with van der Waals surface area (Å²) < 4.78 is 5.14. The summed E-state index contributed by atoms with van der Waals surface area (Å²) in [6.45, 7) is 2.84. The molecule has 2 saturated carbocycles. The SMILES string of the molecule is COCCNCC(CC1CC2CCC1C2)c1ccccc1. The molecular weight excluding hydrogens is 258 g/mol. The van der Waals surface area contributed by atoms with Crippen molar-refractivity contribution in [2.45, 2.75) is 38.0 Å². The van der Waals surface area contributed by atoms with Crippen LogP contribution in [0.2, 0.25) is 0 Å². The minimum atomic E-state index is 0.660. The van der Waals surface area contributed by atoms with Gasteiger partial charge in [0.15, 0.2) is 0 Å². The van der Waals surface area contributed by atoms with Gasteiger partial charge in [-0.15, -0.1) is 0 Å². The van der Waals surface area contributed by atoms with Crippen LogP contribution < -0.4 is 5.32 Å². The molecule has 2 aliphatic carbocycles. The van der Waals surface area contributed by atoms with Crippen LogP contribution in [0, 0.1) is 17.8 Å². The molecule has 2 bridgehead atoms. The smallest absolute Gasteiger partial charge is 0.0587 e. The van der Waals surface area contributed by atoms with Gasteiger partial charge in [-0.3, -0.25) is 0 Å². The Kier molecular flexibility index (Phi) is 5.32. The third kappa shape index (κ3) is 3.87. The Hall–Kier alpha value is -0.860. The maximum absolute atomic E-state index is 5.14. The number of hydrogen-bond donors (Lipinski definition) is 1. The number of benzene rings is 1. The molecule has 1 aromatic rings. The van der Waals surface area contributed by atoms with Crippen molar-refractivity contribution in [2.75, 3.05) is 26.8 Å². The minimum Gasteiger partial charge on any atom is -0.383 e. The van der Waals surface area contributed by atoms with Gasteiger partial charge >= 0.3 is 0 Å². The molecule has 0 heterocycles. The average molecular weight is 287 g/mol. The molecule has 0 spiro atoms. The van der Waals surface area contributed by atoms with Crippen LogP contribution in [0.5, 0.6) is 0 Å². The molecule has 4 unspecified atom stereocenters. The molecule has 4 atom stereocenters. The normalized spacial score (nSPS) is 28.9. The van der Waals surface area contributed by atoms with Crippen molar-refractivity contribution in [3.63, 3.8) is 0 Å². The molecule has 0 radical (unpaired) electrons. The van der Waals surface area contributed by atoms with Crippen molar-refractivity contribution >= 4 is 0 Å². The summed E-state index contributed by atoms with van der Waals surface area (Å²) in [6, 6.07) is 11.1. The molecule has 1 aromatic carbocycles. The van der Waals surface area contributed by atoms with Gasteiger partial charge in [-0.1, -0.05) is 36.8 Å². The van der Waals surface area contributed by atoms with Crippen molar-refractivity contribution < 1.29 is 4.74 Å². The molecule has 3 rings (SSSR count). The Labute approximate surface area is 129 Å². The van der Waals surface area contributed by atoms with Crippen LogP contribution in [0.25, 0.3) is 0 Å². The Bertz CT molecular complexity index is 419. The van der Waals surface area contributed by atoms with Gasteiger partial charge in [-0.25, -0.2) is 0 Å². The molecule has 2 heteroatoms. The van der Waals surface area contributed by atoms with Gasteiger partial charge < -0.3 is 10.1 Å². The zero-order valence-electron chi connectivity index (χ0n) is 13.3. The fourth-order valence-corrected chi connectivity index (χ4v) is 4.54. The highest BCUT2D eigenvalue weighted by atomic mass is 16.5. The second-order valence-corrected chi connectivity index (χ2v) is 6.98. The lowest BCUT2D eigenvalue weighted by atomic mass is 9.80. The van der Waals surface area contributed by atoms with Crippen molar-refractivity contribution in [1.82, 2.24) is 5.32 Å². The van der Waals surface area contributed by atoms with E-state index in [1.165, 1.54) is 37.7 Å². The lowest BCUT2D eigenvalue weighted by Crippen LogP contribution is -2.27. The molecule has 0 aromatic heterocycles. The fraction of sp³-hybridized carbons (Fsp3) is 0.684. The maximum atomic E-state index is 5.14. The third-order valence-electron chi connectivity index (χ3n) is 5.62. The Morgan fingerprint density at radius 3 is 2.71 bits per heavy atom. The van der Waals surface area contributed by atoms with E-state index in [2.05, 4.69) is 35.6 Å². The largest absolute Gasteiger partial charge is 0.383 e. The number of rotatable bonds is 8. The van der Waals surface area contributed by atoms with E-state index in [-0.39, 0.29) is 0 Å². The van der Waals surface area contributed by atoms with Gasteiger partial charge in [0.1, 0.15) is 0 Å². The highest BCUT2D eigenvalue weighted by Crippen LogP contribution is 2.51. The zero-order chi connectivity index (χ0) is 14.5. The van der Waals surface area contributed by atoms with Crippen LogP contribution in [0.4, 0.5) is 0 Å². The second-order valence-electron chi connectivity index (χ2n) is 6.98. The Morgan fingerprint density at radius 2 is 2.05 bits per heavy atom. The molecule has 21 heavy (non-hydrogen) atoms. The van der Waals surface area contributed by atoms with Crippen molar-refractivity contribution in [3.05, 3.63) is 35.9 Å². The average Bonchev–Trinajstić information content (AvgIpc) is 3.14. The van der Waals surface area contributed by atoms with Gasteiger partial charge in [0, 0.05) is 20.2 Å². The monoisotopic (exact) mass is 287 g/mol. The molecule has 0 aliphatic heterocycles. The number of nitrogens with one attached hydrogen (secondary N) is 1. The number of methoxy groups -OCH3 is 1. The summed E-state index contributed by atoms with van der Waals surface area (Å²) in [5.41, 5.74) is 1.50. The van der Waals surface area contributed by atoms with E-state index >= 15 is 0 Å². The van der Waals surface area contributed by atoms with E-state index in [0.717, 1.165) is 37.5 Å². The van der Waals surface area contributed by atoms with Crippen molar-refractivity contribution in [2.24, 2.45) is 17.8 Å². The van der Waals surface area contributed by atoms with Gasteiger partial charge in [-0.05, 0) is 54.9 Å². The van der Waals surface area contributed by atoms with Crippen LogP contribution in [0.15, 0.2) is 30.3 Å². The van der Waals surface area contributed by atoms with E-state index in [1.807, 2.05) is 0 Å². The Balaban J connectivity index is 1.59. The molecule has 2 aliphatic rings. The van der Waals surface area contributed by atoms with Crippen LogP contribution in [0.3, 0.4) is 0 Å². The molecule has 0 amide bonds. The zero-order valence-corrected chi connectivity index (χ0v) is 13.3. The Morgan fingerprint density at radius 1 is 1.19 bits per heavy atom. The van der Waals surface area contributed by atoms with Gasteiger partial charge in [0.2, 0.25) is 0 Å². The van der Waals surface area contributed by atoms with Gasteiger partial charge in [-0.2, -0.15) is 0 Å². The summed E-state index contributed by atoms with van der Waals surface area (Å²) in [6.07, 6.45) is 7.37. The van der Waals surface area contributed by atoms with E-state index in [0.29, 0.717) is 5.92 Å². The fourth-order valence-electron chi connectivity index (χ4n) is 4.54. The summed E-state index contributed by atoms with van der Waals surface area (Å²) in [7, 11) is 1.77. The van der Waals surface area contributed by atoms with E-state index in [4.69, 9.17) is 4.74 Å². The van der Waals surface area contributed by atoms with E-state index < -0.39 is 0 Å². The lowest BCUT2D eigenvalue weighted by molar-refractivity contribution is 0.197. The molecule has 116 valence electrons. The summed E-state index contributed by atoms with van der Waals surface area (Å²) in [5.74, 6) is 3.71. The topological polar surface area (TPSA) is 21.3 Å². The molecule has 2 fully saturated rings. The number of ether oxygens (including phenoxy) is 1. The molecule has 1 N–H and O–H groups in total. The van der Waals surface area contributed by atoms with E-state index in [9.17, 15) is 0 Å². The maximum Gasteiger partial charge on any atom is 0.0587 e. The standard InChI is InChI=1S/C19H29NO/c1-21-10-9-20-14-19(16-5-3-2-4-6-16)13-18-12-15-7-8-17(18)11-15/h2-6,15,17-20H,7-14H2,1H3. The van der Waals surface area contributed by atoms with Crippen LogP contribution in [-0.2, 0) is 4.74 Å². The molecule has 0 saturated heterocycles. The summed E-state index contributed by atoms with van der Waals surface area (Å²) >= 11 is 0. The molecule has 2 nitrogen and oxygen atoms in total. The first kappa shape index (κ1) is 15.1. The molecular formula is C19H29NO. The first-order valence-electron chi connectivity index (χ1n) is 8.61. The van der Waals surface area contributed by atoms with Crippen molar-refractivity contribution in [3.8, 4) is 0 Å². The highest BCUT2D eigenvalue weighted by molar-refractivity contribution is 5.20. The van der Waals surface area contributed by atoms with Crippen LogP contribution in [0.1, 0.15) is 43.6 Å². The quantitative estimate of drug-likeness (QED) is 0.734. The second kappa shape index (κ2) is 7.42. The minimum absolute atomic E-state index is 0.660. The predicted octanol–water partition coefficient (Wildman–Crippen LogP) is 3.83. The first-order valence-corrected chi connectivity index (χ1v) is 8.61. The predicted molar refractivity (Wildman–Crippen MR) is 87.5 cm³/mol. The summed E-state index contributed by atoms with van der Waals surface area (Å²) in [5, 5.41) is 3.58. The number of hydrogen-bond acceptors (Lipinski definition) is 2. The lowest BCUT2D eigenvalue weighted by Gasteiger charge is -2.27. The number of fused-ring (bicyclic) bond motifs is 2. The van der Waals surface area contributed by atoms with Gasteiger partial charge in [0.05, 0.1) is 6.61 Å².